The van der Waals surface area contributed by atoms with Gasteiger partial charge in [0.2, 0.25) is 0 Å². The van der Waals surface area contributed by atoms with Crippen molar-refractivity contribution < 1.29 is 0 Å². The molecule has 0 bridgehead atoms. The van der Waals surface area contributed by atoms with Crippen molar-refractivity contribution >= 4 is 10.8 Å². The van der Waals surface area contributed by atoms with Crippen molar-refractivity contribution in [1.82, 2.24) is 5.32 Å². The van der Waals surface area contributed by atoms with E-state index in [4.69, 9.17) is 0 Å². The molecule has 0 spiro atoms. The Kier molecular flexibility index (Phi) is 4.38. The molecule has 1 N–H and O–H groups in total. The number of rotatable bonds is 3. The predicted molar refractivity (Wildman–Crippen MR) is 79.7 cm³/mol. The fourth-order valence-corrected chi connectivity index (χ4v) is 2.29. The van der Waals surface area contributed by atoms with Gasteiger partial charge in [0.05, 0.1) is 0 Å². The van der Waals surface area contributed by atoms with Gasteiger partial charge in [0, 0.05) is 12.6 Å². The zero-order valence-electron chi connectivity index (χ0n) is 11.6. The summed E-state index contributed by atoms with van der Waals surface area (Å²) in [6, 6.07) is 15.9. The van der Waals surface area contributed by atoms with Crippen molar-refractivity contribution in [2.75, 3.05) is 0 Å². The minimum absolute atomic E-state index is 0.749. The Morgan fingerprint density at radius 2 is 1.72 bits per heavy atom. The first-order chi connectivity index (χ1) is 8.84. The van der Waals surface area contributed by atoms with E-state index in [0.29, 0.717) is 0 Å². The molecule has 2 unspecified atom stereocenters. The van der Waals surface area contributed by atoms with E-state index in [9.17, 15) is 0 Å². The molecule has 2 aromatic carbocycles. The van der Waals surface area contributed by atoms with Gasteiger partial charge < -0.3 is 5.32 Å². The van der Waals surface area contributed by atoms with Gasteiger partial charge in [-0.1, -0.05) is 63.2 Å². The normalized spacial score (nSPS) is 21.3. The molecule has 2 atom stereocenters. The maximum Gasteiger partial charge on any atom is 0.0214 e. The van der Waals surface area contributed by atoms with Crippen LogP contribution < -0.4 is 5.32 Å². The topological polar surface area (TPSA) is 12.0 Å². The Labute approximate surface area is 110 Å². The van der Waals surface area contributed by atoms with Crippen LogP contribution in [0, 0.1) is 5.92 Å². The van der Waals surface area contributed by atoms with Crippen molar-refractivity contribution in [2.45, 2.75) is 39.8 Å². The molecule has 1 aliphatic carbocycles. The largest absolute Gasteiger partial charge is 0.310 e. The van der Waals surface area contributed by atoms with E-state index >= 15 is 0 Å². The number of hydrogen-bond acceptors (Lipinski definition) is 1. The quantitative estimate of drug-likeness (QED) is 0.841. The van der Waals surface area contributed by atoms with Crippen molar-refractivity contribution in [2.24, 2.45) is 5.92 Å². The zero-order valence-corrected chi connectivity index (χ0v) is 11.6. The second-order valence-electron chi connectivity index (χ2n) is 4.84. The molecule has 0 amide bonds. The lowest BCUT2D eigenvalue weighted by molar-refractivity contribution is 0.655. The van der Waals surface area contributed by atoms with E-state index in [2.05, 4.69) is 54.7 Å². The highest BCUT2D eigenvalue weighted by molar-refractivity contribution is 5.85. The minimum atomic E-state index is 0.749. The van der Waals surface area contributed by atoms with Crippen LogP contribution in [0.15, 0.2) is 42.5 Å². The number of nitrogens with one attached hydrogen (secondary N) is 1. The monoisotopic (exact) mass is 241 g/mol. The summed E-state index contributed by atoms with van der Waals surface area (Å²) in [7, 11) is 0. The summed E-state index contributed by atoms with van der Waals surface area (Å²) in [6.45, 7) is 7.30. The van der Waals surface area contributed by atoms with E-state index in [-0.39, 0.29) is 0 Å². The Morgan fingerprint density at radius 3 is 2.44 bits per heavy atom. The molecule has 1 fully saturated rings. The SMILES string of the molecule is CC.CC1CC1NCc1cccc2ccccc12. The van der Waals surface area contributed by atoms with Gasteiger partial charge in [0.1, 0.15) is 0 Å². The van der Waals surface area contributed by atoms with Crippen LogP contribution in [0.5, 0.6) is 0 Å². The molecule has 1 saturated carbocycles. The highest BCUT2D eigenvalue weighted by Gasteiger charge is 2.31. The number of benzene rings is 2. The molecule has 96 valence electrons. The second kappa shape index (κ2) is 6.01. The third kappa shape index (κ3) is 2.91. The van der Waals surface area contributed by atoms with E-state index in [0.717, 1.165) is 18.5 Å². The molecule has 1 nitrogen and oxygen atoms in total. The highest BCUT2D eigenvalue weighted by atomic mass is 15.0. The van der Waals surface area contributed by atoms with Gasteiger partial charge >= 0.3 is 0 Å². The van der Waals surface area contributed by atoms with Crippen LogP contribution in [-0.4, -0.2) is 6.04 Å². The summed E-state index contributed by atoms with van der Waals surface area (Å²) in [6.07, 6.45) is 1.34. The van der Waals surface area contributed by atoms with E-state index < -0.39 is 0 Å². The Hall–Kier alpha value is -1.34. The highest BCUT2D eigenvalue weighted by Crippen LogP contribution is 2.29. The van der Waals surface area contributed by atoms with Crippen molar-refractivity contribution in [3.63, 3.8) is 0 Å². The van der Waals surface area contributed by atoms with Gasteiger partial charge in [-0.05, 0) is 28.7 Å². The second-order valence-corrected chi connectivity index (χ2v) is 4.84. The lowest BCUT2D eigenvalue weighted by Gasteiger charge is -2.07. The Balaban J connectivity index is 0.000000574. The third-order valence-electron chi connectivity index (χ3n) is 3.54. The molecule has 3 rings (SSSR count). The predicted octanol–water partition coefficient (Wildman–Crippen LogP) is 4.36. The molecule has 0 aliphatic heterocycles. The first kappa shape index (κ1) is 13.1. The molecular weight excluding hydrogens is 218 g/mol. The minimum Gasteiger partial charge on any atom is -0.310 e. The van der Waals surface area contributed by atoms with Crippen LogP contribution in [-0.2, 0) is 6.54 Å². The summed E-state index contributed by atoms with van der Waals surface area (Å²) in [4.78, 5) is 0. The smallest absolute Gasteiger partial charge is 0.0214 e. The summed E-state index contributed by atoms with van der Waals surface area (Å²) < 4.78 is 0. The van der Waals surface area contributed by atoms with Gasteiger partial charge in [-0.25, -0.2) is 0 Å². The molecule has 1 aliphatic rings. The molecule has 18 heavy (non-hydrogen) atoms. The third-order valence-corrected chi connectivity index (χ3v) is 3.54. The van der Waals surface area contributed by atoms with Gasteiger partial charge in [-0.15, -0.1) is 0 Å². The van der Waals surface area contributed by atoms with Gasteiger partial charge in [0.15, 0.2) is 0 Å². The first-order valence-corrected chi connectivity index (χ1v) is 7.04. The molecule has 0 radical (unpaired) electrons. The van der Waals surface area contributed by atoms with Gasteiger partial charge in [-0.3, -0.25) is 0 Å². The van der Waals surface area contributed by atoms with E-state index in [1.165, 1.54) is 22.8 Å². The van der Waals surface area contributed by atoms with Crippen LogP contribution >= 0.6 is 0 Å². The lowest BCUT2D eigenvalue weighted by Crippen LogP contribution is -2.17. The summed E-state index contributed by atoms with van der Waals surface area (Å²) in [5.74, 6) is 0.870. The summed E-state index contributed by atoms with van der Waals surface area (Å²) in [5.41, 5.74) is 1.41. The van der Waals surface area contributed by atoms with Gasteiger partial charge in [-0.2, -0.15) is 0 Å². The summed E-state index contributed by atoms with van der Waals surface area (Å²) in [5, 5.41) is 6.33. The van der Waals surface area contributed by atoms with Crippen LogP contribution in [0.25, 0.3) is 10.8 Å². The van der Waals surface area contributed by atoms with Crippen LogP contribution in [0.3, 0.4) is 0 Å². The van der Waals surface area contributed by atoms with Crippen molar-refractivity contribution in [3.05, 3.63) is 48.0 Å². The van der Waals surface area contributed by atoms with E-state index in [1.54, 1.807) is 0 Å². The maximum atomic E-state index is 3.61. The van der Waals surface area contributed by atoms with Crippen molar-refractivity contribution in [3.8, 4) is 0 Å². The van der Waals surface area contributed by atoms with Crippen LogP contribution in [0.2, 0.25) is 0 Å². The molecule has 0 aromatic heterocycles. The fourth-order valence-electron chi connectivity index (χ4n) is 2.29. The Morgan fingerprint density at radius 1 is 1.06 bits per heavy atom. The molecule has 2 aromatic rings. The standard InChI is InChI=1S/C15H17N.C2H6/c1-11-9-15(11)16-10-13-7-4-6-12-5-2-3-8-14(12)13;1-2/h2-8,11,15-16H,9-10H2,1H3;1-2H3. The lowest BCUT2D eigenvalue weighted by atomic mass is 10.0. The Bertz CT molecular complexity index is 498. The van der Waals surface area contributed by atoms with Gasteiger partial charge in [0.25, 0.3) is 0 Å². The number of fused-ring (bicyclic) bond motifs is 1. The first-order valence-electron chi connectivity index (χ1n) is 7.04. The average molecular weight is 241 g/mol. The van der Waals surface area contributed by atoms with E-state index in [1.807, 2.05) is 13.8 Å². The molecule has 0 saturated heterocycles. The molecular formula is C17H23N. The molecule has 1 heteroatoms. The molecule has 0 heterocycles. The van der Waals surface area contributed by atoms with Crippen LogP contribution in [0.4, 0.5) is 0 Å². The maximum absolute atomic E-state index is 3.61. The zero-order chi connectivity index (χ0) is 13.0. The van der Waals surface area contributed by atoms with Crippen LogP contribution in [0.1, 0.15) is 32.8 Å². The van der Waals surface area contributed by atoms with Crippen molar-refractivity contribution in [1.29, 1.82) is 0 Å². The average Bonchev–Trinajstić information content (AvgIpc) is 3.14. The summed E-state index contributed by atoms with van der Waals surface area (Å²) >= 11 is 0. The fraction of sp³-hybridized carbons (Fsp3) is 0.412. The number of hydrogen-bond donors (Lipinski definition) is 1.